The molecular formula is C23H35N3O7. The average molecular weight is 466 g/mol. The maximum Gasteiger partial charge on any atom is 0.414 e. The number of rotatable bonds is 3. The van der Waals surface area contributed by atoms with Gasteiger partial charge in [0.25, 0.3) is 0 Å². The molecule has 1 aliphatic heterocycles. The Morgan fingerprint density at radius 2 is 1.52 bits per heavy atom. The van der Waals surface area contributed by atoms with Crippen molar-refractivity contribution in [2.24, 2.45) is 11.1 Å². The van der Waals surface area contributed by atoms with Gasteiger partial charge in [-0.25, -0.2) is 9.59 Å². The highest BCUT2D eigenvalue weighted by Crippen LogP contribution is 2.37. The summed E-state index contributed by atoms with van der Waals surface area (Å²) in [5.74, 6) is -3.77. The number of para-hydroxylation sites is 2. The number of hydrogen-bond acceptors (Lipinski definition) is 6. The van der Waals surface area contributed by atoms with Gasteiger partial charge in [-0.05, 0) is 25.0 Å². The molecule has 0 saturated heterocycles. The van der Waals surface area contributed by atoms with Crippen LogP contribution in [0.2, 0.25) is 0 Å². The number of benzene rings is 1. The number of amides is 1. The number of nitrogens with two attached hydrogens (primary N) is 1. The number of carbonyl (C=O) groups is 4. The van der Waals surface area contributed by atoms with E-state index in [1.165, 1.54) is 19.3 Å². The normalized spacial score (nSPS) is 18.8. The third-order valence-corrected chi connectivity index (χ3v) is 5.80. The first kappa shape index (κ1) is 28.1. The minimum Gasteiger partial charge on any atom is -0.473 e. The van der Waals surface area contributed by atoms with Crippen LogP contribution < -0.4 is 15.5 Å². The van der Waals surface area contributed by atoms with Crippen molar-refractivity contribution >= 4 is 35.0 Å². The van der Waals surface area contributed by atoms with Crippen molar-refractivity contribution < 1.29 is 34.9 Å². The Labute approximate surface area is 193 Å². The molecule has 1 saturated carbocycles. The highest BCUT2D eigenvalue weighted by atomic mass is 16.4. The van der Waals surface area contributed by atoms with Crippen LogP contribution in [0.1, 0.15) is 52.9 Å². The van der Waals surface area contributed by atoms with Crippen LogP contribution in [0.4, 0.5) is 11.4 Å². The summed E-state index contributed by atoms with van der Waals surface area (Å²) in [6, 6.07) is 7.73. The number of carboxylic acid groups (broad SMARTS) is 2. The van der Waals surface area contributed by atoms with Crippen molar-refractivity contribution in [3.63, 3.8) is 0 Å². The van der Waals surface area contributed by atoms with Crippen molar-refractivity contribution in [1.29, 1.82) is 0 Å². The topological polar surface area (TPSA) is 173 Å². The molecule has 33 heavy (non-hydrogen) atoms. The molecule has 1 atom stereocenters. The third kappa shape index (κ3) is 7.26. The van der Waals surface area contributed by atoms with Crippen molar-refractivity contribution in [3.05, 3.63) is 24.3 Å². The van der Waals surface area contributed by atoms with Gasteiger partial charge in [0, 0.05) is 18.0 Å². The maximum absolute atomic E-state index is 13.0. The molecule has 0 aromatic heterocycles. The van der Waals surface area contributed by atoms with Gasteiger partial charge in [0.15, 0.2) is 5.78 Å². The molecule has 10 nitrogen and oxygen atoms in total. The molecule has 0 radical (unpaired) electrons. The lowest BCUT2D eigenvalue weighted by molar-refractivity contribution is -0.159. The summed E-state index contributed by atoms with van der Waals surface area (Å²) >= 11 is 0. The van der Waals surface area contributed by atoms with Crippen LogP contribution in [0, 0.1) is 5.41 Å². The van der Waals surface area contributed by atoms with E-state index in [4.69, 9.17) is 25.5 Å². The summed E-state index contributed by atoms with van der Waals surface area (Å²) in [6.45, 7) is 6.25. The Balaban J connectivity index is 0.000000691. The van der Waals surface area contributed by atoms with Gasteiger partial charge in [0.05, 0.1) is 17.9 Å². The second kappa shape index (κ2) is 11.8. The van der Waals surface area contributed by atoms with Crippen molar-refractivity contribution in [1.82, 2.24) is 0 Å². The minimum atomic E-state index is -1.82. The summed E-state index contributed by atoms with van der Waals surface area (Å²) in [5.41, 5.74) is 7.64. The molecule has 1 aliphatic carbocycles. The molecule has 1 amide bonds. The van der Waals surface area contributed by atoms with Gasteiger partial charge in [-0.3, -0.25) is 9.59 Å². The van der Waals surface area contributed by atoms with Gasteiger partial charge in [-0.2, -0.15) is 0 Å². The number of fused-ring (bicyclic) bond motifs is 1. The fraction of sp³-hybridized carbons (Fsp3) is 0.565. The van der Waals surface area contributed by atoms with Gasteiger partial charge in [0.1, 0.15) is 6.04 Å². The lowest BCUT2D eigenvalue weighted by atomic mass is 9.90. The van der Waals surface area contributed by atoms with E-state index in [1.807, 2.05) is 39.0 Å². The van der Waals surface area contributed by atoms with Gasteiger partial charge < -0.3 is 31.2 Å². The summed E-state index contributed by atoms with van der Waals surface area (Å²) in [5, 5.41) is 14.8. The fourth-order valence-electron chi connectivity index (χ4n) is 3.92. The average Bonchev–Trinajstić information content (AvgIpc) is 2.84. The van der Waals surface area contributed by atoms with Crippen molar-refractivity contribution in [2.45, 2.75) is 65.0 Å². The molecule has 0 spiro atoms. The third-order valence-electron chi connectivity index (χ3n) is 5.80. The van der Waals surface area contributed by atoms with Crippen molar-refractivity contribution in [2.75, 3.05) is 22.9 Å². The highest BCUT2D eigenvalue weighted by molar-refractivity contribution is 6.27. The van der Waals surface area contributed by atoms with Gasteiger partial charge in [-0.15, -0.1) is 0 Å². The molecule has 10 heteroatoms. The number of nitrogens with zero attached hydrogens (tertiary/aromatic N) is 2. The summed E-state index contributed by atoms with van der Waals surface area (Å²) in [6.07, 6.45) is 5.99. The lowest BCUT2D eigenvalue weighted by Gasteiger charge is -2.36. The first-order valence-corrected chi connectivity index (χ1v) is 10.9. The fourth-order valence-corrected chi connectivity index (χ4v) is 3.92. The molecule has 2 aliphatic rings. The Morgan fingerprint density at radius 3 is 2.00 bits per heavy atom. The molecule has 184 valence electrons. The van der Waals surface area contributed by atoms with Crippen LogP contribution in [-0.4, -0.2) is 64.5 Å². The molecule has 1 aromatic carbocycles. The highest BCUT2D eigenvalue weighted by Gasteiger charge is 2.36. The SMILES string of the molecule is CC(C)(C)C(=O)CN1C(=O)[C@H](N)CN(C2CCCCC2)c2ccccc21.O.O=C(O)C(=O)O. The summed E-state index contributed by atoms with van der Waals surface area (Å²) in [4.78, 5) is 47.8. The zero-order valence-corrected chi connectivity index (χ0v) is 19.4. The number of carboxylic acids is 2. The number of hydrogen-bond donors (Lipinski definition) is 3. The molecule has 1 heterocycles. The van der Waals surface area contributed by atoms with Crippen molar-refractivity contribution in [3.8, 4) is 0 Å². The first-order valence-electron chi connectivity index (χ1n) is 10.9. The zero-order chi connectivity index (χ0) is 24.1. The molecule has 0 bridgehead atoms. The second-order valence-electron chi connectivity index (χ2n) is 9.25. The zero-order valence-electron chi connectivity index (χ0n) is 19.4. The second-order valence-corrected chi connectivity index (χ2v) is 9.25. The van der Waals surface area contributed by atoms with Gasteiger partial charge in [0.2, 0.25) is 5.91 Å². The van der Waals surface area contributed by atoms with Crippen LogP contribution in [0.3, 0.4) is 0 Å². The molecular weight excluding hydrogens is 430 g/mol. The monoisotopic (exact) mass is 465 g/mol. The summed E-state index contributed by atoms with van der Waals surface area (Å²) in [7, 11) is 0. The molecule has 6 N–H and O–H groups in total. The molecule has 3 rings (SSSR count). The smallest absolute Gasteiger partial charge is 0.414 e. The number of anilines is 2. The predicted molar refractivity (Wildman–Crippen MR) is 124 cm³/mol. The minimum absolute atomic E-state index is 0. The number of ketones is 1. The van der Waals surface area contributed by atoms with Crippen LogP contribution in [0.15, 0.2) is 24.3 Å². The predicted octanol–water partition coefficient (Wildman–Crippen LogP) is 1.45. The van der Waals surface area contributed by atoms with Gasteiger partial charge >= 0.3 is 11.9 Å². The Hall–Kier alpha value is -2.98. The van der Waals surface area contributed by atoms with E-state index in [9.17, 15) is 9.59 Å². The molecule has 1 aromatic rings. The summed E-state index contributed by atoms with van der Waals surface area (Å²) < 4.78 is 0. The lowest BCUT2D eigenvalue weighted by Crippen LogP contribution is -2.51. The Morgan fingerprint density at radius 1 is 1.00 bits per heavy atom. The van der Waals surface area contributed by atoms with E-state index in [0.29, 0.717) is 12.6 Å². The van der Waals surface area contributed by atoms with Gasteiger partial charge in [-0.1, -0.05) is 52.2 Å². The van der Waals surface area contributed by atoms with Crippen LogP contribution >= 0.6 is 0 Å². The molecule has 0 unspecified atom stereocenters. The Kier molecular flexibility index (Phi) is 10.00. The van der Waals surface area contributed by atoms with Crippen LogP contribution in [0.25, 0.3) is 0 Å². The largest absolute Gasteiger partial charge is 0.473 e. The van der Waals surface area contributed by atoms with Crippen LogP contribution in [-0.2, 0) is 19.2 Å². The quantitative estimate of drug-likeness (QED) is 0.562. The maximum atomic E-state index is 13.0. The van der Waals surface area contributed by atoms with E-state index in [0.717, 1.165) is 24.2 Å². The first-order chi connectivity index (χ1) is 14.9. The van der Waals surface area contributed by atoms with E-state index in [1.54, 1.807) is 4.90 Å². The standard InChI is InChI=1S/C21H31N3O2.C2H2O4.H2O/c1-21(2,3)19(25)14-24-18-12-8-7-11-17(18)23(13-16(22)20(24)26)15-9-5-4-6-10-15;3-1(4)2(5)6;/h7-8,11-12,15-16H,4-6,9-10,13-14,22H2,1-3H3;(H,3,4)(H,5,6);1H2/t16-;;/m1../s1. The van der Waals surface area contributed by atoms with E-state index >= 15 is 0 Å². The van der Waals surface area contributed by atoms with E-state index < -0.39 is 23.4 Å². The number of aliphatic carboxylic acids is 2. The van der Waals surface area contributed by atoms with E-state index in [2.05, 4.69) is 11.0 Å². The number of carbonyl (C=O) groups excluding carboxylic acids is 2. The van der Waals surface area contributed by atoms with Crippen LogP contribution in [0.5, 0.6) is 0 Å². The van der Waals surface area contributed by atoms with E-state index in [-0.39, 0.29) is 23.7 Å². The number of Topliss-reactive ketones (excluding diaryl/α,β-unsaturated/α-hetero) is 1. The molecule has 1 fully saturated rings. The Bertz CT molecular complexity index is 848.